The number of anilines is 3. The largest absolute Gasteiger partial charge is 0.323 e. The number of benzene rings is 2. The molecule has 30 heavy (non-hydrogen) atoms. The topological polar surface area (TPSA) is 130 Å². The predicted molar refractivity (Wildman–Crippen MR) is 113 cm³/mol. The summed E-state index contributed by atoms with van der Waals surface area (Å²) in [6.45, 7) is 1.46. The number of hydrogen-bond donors (Lipinski definition) is 3. The summed E-state index contributed by atoms with van der Waals surface area (Å²) < 4.78 is 27.1. The van der Waals surface area contributed by atoms with Gasteiger partial charge in [0, 0.05) is 16.9 Å². The molecule has 0 fully saturated rings. The molecule has 11 heteroatoms. The summed E-state index contributed by atoms with van der Waals surface area (Å²) in [7, 11) is -3.88. The Hall–Kier alpha value is -3.50. The number of sulfonamides is 1. The van der Waals surface area contributed by atoms with Crippen LogP contribution in [0.1, 0.15) is 17.3 Å². The number of hydrogen-bond acceptors (Lipinski definition) is 6. The molecule has 9 nitrogen and oxygen atoms in total. The number of aromatic nitrogens is 2. The highest BCUT2D eigenvalue weighted by molar-refractivity contribution is 7.92. The minimum absolute atomic E-state index is 0.0231. The van der Waals surface area contributed by atoms with Crippen LogP contribution < -0.4 is 15.4 Å². The van der Waals surface area contributed by atoms with Crippen LogP contribution in [-0.4, -0.2) is 30.4 Å². The van der Waals surface area contributed by atoms with Gasteiger partial charge in [0.1, 0.15) is 0 Å². The first kappa shape index (κ1) is 21.2. The normalized spacial score (nSPS) is 10.9. The Morgan fingerprint density at radius 2 is 1.40 bits per heavy atom. The lowest BCUT2D eigenvalue weighted by Gasteiger charge is -2.10. The maximum atomic E-state index is 12.4. The molecule has 0 saturated heterocycles. The third-order valence-corrected chi connectivity index (χ3v) is 5.41. The van der Waals surface area contributed by atoms with E-state index in [0.29, 0.717) is 16.9 Å². The molecule has 3 rings (SSSR count). The van der Waals surface area contributed by atoms with Gasteiger partial charge in [-0.3, -0.25) is 9.52 Å². The van der Waals surface area contributed by atoms with Gasteiger partial charge < -0.3 is 10.6 Å². The van der Waals surface area contributed by atoms with Crippen molar-refractivity contribution in [3.63, 3.8) is 0 Å². The van der Waals surface area contributed by atoms with Gasteiger partial charge in [-0.15, -0.1) is 10.2 Å². The first-order valence-electron chi connectivity index (χ1n) is 8.54. The lowest BCUT2D eigenvalue weighted by molar-refractivity contribution is 0.101. The van der Waals surface area contributed by atoms with E-state index in [1.807, 2.05) is 0 Å². The fourth-order valence-corrected chi connectivity index (χ4v) is 3.46. The Morgan fingerprint density at radius 1 is 0.833 bits per heavy atom. The highest BCUT2D eigenvalue weighted by Gasteiger charge is 2.15. The molecule has 0 aliphatic carbocycles. The minimum atomic E-state index is -3.88. The van der Waals surface area contributed by atoms with Crippen LogP contribution in [0.5, 0.6) is 0 Å². The summed E-state index contributed by atoms with van der Waals surface area (Å²) in [5.41, 5.74) is 1.43. The maximum absolute atomic E-state index is 12.4. The molecule has 2 amide bonds. The second-order valence-electron chi connectivity index (χ2n) is 6.08. The standard InChI is InChI=1S/C19H16ClN5O4S/c1-12(26)13-2-4-14(5-3-13)21-19(27)22-15-6-8-16(9-7-15)30(28,29)25-18-11-10-17(20)23-24-18/h2-11H,1H3,(H,24,25)(H2,21,22,27). The Labute approximate surface area is 177 Å². The van der Waals surface area contributed by atoms with Crippen LogP contribution in [0.3, 0.4) is 0 Å². The fraction of sp³-hybridized carbons (Fsp3) is 0.0526. The zero-order chi connectivity index (χ0) is 21.7. The summed E-state index contributed by atoms with van der Waals surface area (Å²) in [6, 6.07) is 14.3. The van der Waals surface area contributed by atoms with Crippen LogP contribution in [-0.2, 0) is 10.0 Å². The van der Waals surface area contributed by atoms with Gasteiger partial charge >= 0.3 is 6.03 Å². The number of halogens is 1. The minimum Gasteiger partial charge on any atom is -0.308 e. The van der Waals surface area contributed by atoms with Crippen LogP contribution >= 0.6 is 11.6 Å². The van der Waals surface area contributed by atoms with E-state index in [0.717, 1.165) is 0 Å². The average Bonchev–Trinajstić information content (AvgIpc) is 2.70. The van der Waals surface area contributed by atoms with Crippen LogP contribution in [0.4, 0.5) is 22.0 Å². The van der Waals surface area contributed by atoms with Gasteiger partial charge in [-0.2, -0.15) is 0 Å². The third kappa shape index (κ3) is 5.52. The number of carbonyl (C=O) groups is 2. The molecule has 1 heterocycles. The molecule has 0 saturated carbocycles. The quantitative estimate of drug-likeness (QED) is 0.495. The number of carbonyl (C=O) groups excluding carboxylic acids is 2. The molecule has 1 aromatic heterocycles. The van der Waals surface area contributed by atoms with Crippen LogP contribution in [0.15, 0.2) is 65.6 Å². The number of ketones is 1. The Bertz CT molecular complexity index is 1170. The van der Waals surface area contributed by atoms with E-state index < -0.39 is 16.1 Å². The predicted octanol–water partition coefficient (Wildman–Crippen LogP) is 3.78. The zero-order valence-corrected chi connectivity index (χ0v) is 17.2. The van der Waals surface area contributed by atoms with E-state index in [4.69, 9.17) is 11.6 Å². The molecule has 0 aliphatic rings. The molecule has 0 radical (unpaired) electrons. The lowest BCUT2D eigenvalue weighted by Crippen LogP contribution is -2.19. The number of rotatable bonds is 6. The Balaban J connectivity index is 1.62. The Morgan fingerprint density at radius 3 is 1.90 bits per heavy atom. The van der Waals surface area contributed by atoms with Gasteiger partial charge in [0.25, 0.3) is 10.0 Å². The van der Waals surface area contributed by atoms with Crippen molar-refractivity contribution in [2.24, 2.45) is 0 Å². The molecular weight excluding hydrogens is 430 g/mol. The SMILES string of the molecule is CC(=O)c1ccc(NC(=O)Nc2ccc(S(=O)(=O)Nc3ccc(Cl)nn3)cc2)cc1. The molecule has 0 unspecified atom stereocenters. The maximum Gasteiger partial charge on any atom is 0.323 e. The third-order valence-electron chi connectivity index (χ3n) is 3.84. The highest BCUT2D eigenvalue weighted by Crippen LogP contribution is 2.18. The first-order chi connectivity index (χ1) is 14.2. The first-order valence-corrected chi connectivity index (χ1v) is 10.4. The van der Waals surface area contributed by atoms with Crippen molar-refractivity contribution in [3.8, 4) is 0 Å². The van der Waals surface area contributed by atoms with Crippen molar-refractivity contribution < 1.29 is 18.0 Å². The van der Waals surface area contributed by atoms with Crippen molar-refractivity contribution in [3.05, 3.63) is 71.4 Å². The Kier molecular flexibility index (Phi) is 6.28. The summed E-state index contributed by atoms with van der Waals surface area (Å²) in [5.74, 6) is -0.0459. The molecule has 154 valence electrons. The van der Waals surface area contributed by atoms with Crippen molar-refractivity contribution in [2.45, 2.75) is 11.8 Å². The highest BCUT2D eigenvalue weighted by atomic mass is 35.5. The van der Waals surface area contributed by atoms with E-state index in [2.05, 4.69) is 25.6 Å². The molecular formula is C19H16ClN5O4S. The van der Waals surface area contributed by atoms with E-state index in [1.54, 1.807) is 24.3 Å². The zero-order valence-electron chi connectivity index (χ0n) is 15.6. The van der Waals surface area contributed by atoms with Gasteiger partial charge in [0.15, 0.2) is 16.8 Å². The number of urea groups is 1. The van der Waals surface area contributed by atoms with Crippen LogP contribution in [0, 0.1) is 0 Å². The monoisotopic (exact) mass is 445 g/mol. The van der Waals surface area contributed by atoms with E-state index in [9.17, 15) is 18.0 Å². The second-order valence-corrected chi connectivity index (χ2v) is 8.15. The molecule has 0 bridgehead atoms. The number of nitrogens with zero attached hydrogens (tertiary/aromatic N) is 2. The van der Waals surface area contributed by atoms with Gasteiger partial charge in [0.05, 0.1) is 4.90 Å². The van der Waals surface area contributed by atoms with Gasteiger partial charge in [-0.05, 0) is 67.6 Å². The number of nitrogens with one attached hydrogen (secondary N) is 3. The smallest absolute Gasteiger partial charge is 0.308 e. The van der Waals surface area contributed by atoms with Gasteiger partial charge in [-0.1, -0.05) is 11.6 Å². The molecule has 3 N–H and O–H groups in total. The van der Waals surface area contributed by atoms with Crippen LogP contribution in [0.25, 0.3) is 0 Å². The summed E-state index contributed by atoms with van der Waals surface area (Å²) >= 11 is 5.63. The van der Waals surface area contributed by atoms with E-state index in [-0.39, 0.29) is 21.6 Å². The van der Waals surface area contributed by atoms with Gasteiger partial charge in [0.2, 0.25) is 0 Å². The summed E-state index contributed by atoms with van der Waals surface area (Å²) in [6.07, 6.45) is 0. The molecule has 0 spiro atoms. The summed E-state index contributed by atoms with van der Waals surface area (Å²) in [4.78, 5) is 23.4. The van der Waals surface area contributed by atoms with E-state index in [1.165, 1.54) is 43.3 Å². The molecule has 2 aromatic carbocycles. The van der Waals surface area contributed by atoms with E-state index >= 15 is 0 Å². The van der Waals surface area contributed by atoms with Crippen molar-refractivity contribution >= 4 is 50.6 Å². The summed E-state index contributed by atoms with van der Waals surface area (Å²) in [5, 5.41) is 12.6. The average molecular weight is 446 g/mol. The van der Waals surface area contributed by atoms with Crippen molar-refractivity contribution in [2.75, 3.05) is 15.4 Å². The molecule has 0 aliphatic heterocycles. The lowest BCUT2D eigenvalue weighted by atomic mass is 10.1. The number of Topliss-reactive ketones (excluding diaryl/α,β-unsaturated/α-hetero) is 1. The second kappa shape index (κ2) is 8.89. The molecule has 3 aromatic rings. The van der Waals surface area contributed by atoms with Crippen molar-refractivity contribution in [1.82, 2.24) is 10.2 Å². The fourth-order valence-electron chi connectivity index (χ4n) is 2.37. The number of amides is 2. The van der Waals surface area contributed by atoms with Crippen molar-refractivity contribution in [1.29, 1.82) is 0 Å². The van der Waals surface area contributed by atoms with Gasteiger partial charge in [-0.25, -0.2) is 13.2 Å². The van der Waals surface area contributed by atoms with Crippen LogP contribution in [0.2, 0.25) is 5.15 Å². The molecule has 0 atom stereocenters.